The number of hydrogen-bond acceptors (Lipinski definition) is 2. The average Bonchev–Trinajstić information content (AvgIpc) is 2.37. The molecule has 0 spiro atoms. The summed E-state index contributed by atoms with van der Waals surface area (Å²) >= 11 is 0. The van der Waals surface area contributed by atoms with Gasteiger partial charge in [-0.3, -0.25) is 4.79 Å². The van der Waals surface area contributed by atoms with E-state index in [1.54, 1.807) is 4.90 Å². The Kier molecular flexibility index (Phi) is 6.11. The van der Waals surface area contributed by atoms with E-state index in [9.17, 15) is 4.79 Å². The van der Waals surface area contributed by atoms with Crippen molar-refractivity contribution in [1.82, 2.24) is 4.90 Å². The van der Waals surface area contributed by atoms with Crippen molar-refractivity contribution in [3.05, 3.63) is 35.4 Å². The number of carbonyl (C=O) groups excluding carboxylic acids is 1. The average molecular weight is 258 g/mol. The van der Waals surface area contributed by atoms with E-state index >= 15 is 0 Å². The molecule has 3 heteroatoms. The number of nitrogens with two attached hydrogens (primary N) is 1. The molecule has 0 aliphatic carbocycles. The van der Waals surface area contributed by atoms with Crippen LogP contribution in [-0.2, 0) is 11.3 Å². The lowest BCUT2D eigenvalue weighted by Crippen LogP contribution is -2.27. The summed E-state index contributed by atoms with van der Waals surface area (Å²) in [5.74, 6) is 6.37. The first-order valence-electron chi connectivity index (χ1n) is 6.54. The van der Waals surface area contributed by atoms with Crippen LogP contribution in [0.3, 0.4) is 0 Å². The number of carbonyl (C=O) groups is 1. The Morgan fingerprint density at radius 2 is 1.95 bits per heavy atom. The standard InChI is InChI=1S/C16H22N2O/c1-13(2)11-16(19)18(3)12-15-8-6-14(7-9-15)5-4-10-17/h6-9,13H,10-12,17H2,1-3H3. The second kappa shape index (κ2) is 7.60. The predicted octanol–water partition coefficient (Wildman–Crippen LogP) is 2.00. The Morgan fingerprint density at radius 1 is 1.32 bits per heavy atom. The van der Waals surface area contributed by atoms with Gasteiger partial charge in [0.2, 0.25) is 5.91 Å². The maximum Gasteiger partial charge on any atom is 0.222 e. The van der Waals surface area contributed by atoms with Crippen molar-refractivity contribution >= 4 is 5.91 Å². The normalized spacial score (nSPS) is 9.95. The van der Waals surface area contributed by atoms with Crippen LogP contribution < -0.4 is 5.73 Å². The van der Waals surface area contributed by atoms with Gasteiger partial charge < -0.3 is 10.6 Å². The Morgan fingerprint density at radius 3 is 2.47 bits per heavy atom. The minimum atomic E-state index is 0.182. The largest absolute Gasteiger partial charge is 0.341 e. The molecule has 0 fully saturated rings. The monoisotopic (exact) mass is 258 g/mol. The zero-order chi connectivity index (χ0) is 14.3. The van der Waals surface area contributed by atoms with Crippen LogP contribution in [0.4, 0.5) is 0 Å². The number of rotatable bonds is 4. The topological polar surface area (TPSA) is 46.3 Å². The van der Waals surface area contributed by atoms with Crippen molar-refractivity contribution in [1.29, 1.82) is 0 Å². The molecule has 0 unspecified atom stereocenters. The predicted molar refractivity (Wildman–Crippen MR) is 78.3 cm³/mol. The molecule has 102 valence electrons. The summed E-state index contributed by atoms with van der Waals surface area (Å²) in [6, 6.07) is 7.91. The number of benzene rings is 1. The van der Waals surface area contributed by atoms with E-state index in [-0.39, 0.29) is 5.91 Å². The van der Waals surface area contributed by atoms with E-state index in [1.807, 2.05) is 31.3 Å². The second-order valence-corrected chi connectivity index (χ2v) is 5.05. The van der Waals surface area contributed by atoms with Gasteiger partial charge in [0.1, 0.15) is 0 Å². The highest BCUT2D eigenvalue weighted by atomic mass is 16.2. The third kappa shape index (κ3) is 5.58. The summed E-state index contributed by atoms with van der Waals surface area (Å²) < 4.78 is 0. The Hall–Kier alpha value is -1.79. The van der Waals surface area contributed by atoms with Crippen molar-refractivity contribution in [2.45, 2.75) is 26.8 Å². The lowest BCUT2D eigenvalue weighted by molar-refractivity contribution is -0.131. The second-order valence-electron chi connectivity index (χ2n) is 5.05. The molecule has 0 aromatic heterocycles. The molecule has 1 aromatic rings. The molecule has 0 heterocycles. The molecule has 1 aromatic carbocycles. The van der Waals surface area contributed by atoms with Crippen LogP contribution in [0.2, 0.25) is 0 Å². The van der Waals surface area contributed by atoms with Crippen LogP contribution in [0, 0.1) is 17.8 Å². The fraction of sp³-hybridized carbons (Fsp3) is 0.438. The molecule has 0 aliphatic heterocycles. The van der Waals surface area contributed by atoms with E-state index in [2.05, 4.69) is 25.7 Å². The lowest BCUT2D eigenvalue weighted by Gasteiger charge is -2.18. The molecule has 0 radical (unpaired) electrons. The summed E-state index contributed by atoms with van der Waals surface area (Å²) in [7, 11) is 1.84. The van der Waals surface area contributed by atoms with Crippen molar-refractivity contribution in [2.75, 3.05) is 13.6 Å². The van der Waals surface area contributed by atoms with Crippen LogP contribution in [0.25, 0.3) is 0 Å². The van der Waals surface area contributed by atoms with Crippen LogP contribution in [0.15, 0.2) is 24.3 Å². The fourth-order valence-corrected chi connectivity index (χ4v) is 1.71. The third-order valence-corrected chi connectivity index (χ3v) is 2.72. The van der Waals surface area contributed by atoms with E-state index in [0.717, 1.165) is 11.1 Å². The van der Waals surface area contributed by atoms with Gasteiger partial charge in [-0.05, 0) is 23.6 Å². The smallest absolute Gasteiger partial charge is 0.222 e. The summed E-state index contributed by atoms with van der Waals surface area (Å²) in [4.78, 5) is 13.6. The first kappa shape index (κ1) is 15.3. The van der Waals surface area contributed by atoms with E-state index in [1.165, 1.54) is 0 Å². The minimum absolute atomic E-state index is 0.182. The van der Waals surface area contributed by atoms with Gasteiger partial charge in [0.05, 0.1) is 6.54 Å². The van der Waals surface area contributed by atoms with E-state index in [0.29, 0.717) is 25.4 Å². The first-order chi connectivity index (χ1) is 9.02. The summed E-state index contributed by atoms with van der Waals surface area (Å²) in [5.41, 5.74) is 7.39. The minimum Gasteiger partial charge on any atom is -0.341 e. The Labute approximate surface area is 115 Å². The van der Waals surface area contributed by atoms with E-state index < -0.39 is 0 Å². The van der Waals surface area contributed by atoms with Gasteiger partial charge in [-0.2, -0.15) is 0 Å². The molecular weight excluding hydrogens is 236 g/mol. The molecule has 0 saturated carbocycles. The van der Waals surface area contributed by atoms with Gasteiger partial charge in [-0.15, -0.1) is 0 Å². The highest BCUT2D eigenvalue weighted by Gasteiger charge is 2.10. The van der Waals surface area contributed by atoms with Crippen molar-refractivity contribution in [3.63, 3.8) is 0 Å². The van der Waals surface area contributed by atoms with Gasteiger partial charge in [0.15, 0.2) is 0 Å². The number of nitrogens with zero attached hydrogens (tertiary/aromatic N) is 1. The molecule has 2 N–H and O–H groups in total. The van der Waals surface area contributed by atoms with Crippen LogP contribution in [-0.4, -0.2) is 24.4 Å². The quantitative estimate of drug-likeness (QED) is 0.840. The molecule has 3 nitrogen and oxygen atoms in total. The maximum atomic E-state index is 11.9. The molecule has 1 rings (SSSR count). The number of amides is 1. The number of hydrogen-bond donors (Lipinski definition) is 1. The van der Waals surface area contributed by atoms with Crippen molar-refractivity contribution < 1.29 is 4.79 Å². The third-order valence-electron chi connectivity index (χ3n) is 2.72. The Balaban J connectivity index is 2.60. The molecule has 0 bridgehead atoms. The molecule has 19 heavy (non-hydrogen) atoms. The maximum absolute atomic E-state index is 11.9. The molecule has 0 atom stereocenters. The van der Waals surface area contributed by atoms with Gasteiger partial charge in [0, 0.05) is 25.6 Å². The summed E-state index contributed by atoms with van der Waals surface area (Å²) in [5, 5.41) is 0. The molecular formula is C16H22N2O. The Bertz CT molecular complexity index is 466. The SMILES string of the molecule is CC(C)CC(=O)N(C)Cc1ccc(C#CCN)cc1. The van der Waals surface area contributed by atoms with Gasteiger partial charge in [-0.25, -0.2) is 0 Å². The van der Waals surface area contributed by atoms with Crippen LogP contribution in [0.5, 0.6) is 0 Å². The van der Waals surface area contributed by atoms with Gasteiger partial charge in [0.25, 0.3) is 0 Å². The fourth-order valence-electron chi connectivity index (χ4n) is 1.71. The summed E-state index contributed by atoms with van der Waals surface area (Å²) in [6.07, 6.45) is 0.594. The van der Waals surface area contributed by atoms with Crippen molar-refractivity contribution in [3.8, 4) is 11.8 Å². The lowest BCUT2D eigenvalue weighted by atomic mass is 10.1. The first-order valence-corrected chi connectivity index (χ1v) is 6.54. The highest BCUT2D eigenvalue weighted by molar-refractivity contribution is 5.76. The van der Waals surface area contributed by atoms with Gasteiger partial charge in [-0.1, -0.05) is 37.8 Å². The zero-order valence-corrected chi connectivity index (χ0v) is 11.9. The zero-order valence-electron chi connectivity index (χ0n) is 11.9. The van der Waals surface area contributed by atoms with Crippen LogP contribution in [0.1, 0.15) is 31.4 Å². The summed E-state index contributed by atoms with van der Waals surface area (Å²) in [6.45, 7) is 5.11. The van der Waals surface area contributed by atoms with Crippen LogP contribution >= 0.6 is 0 Å². The highest BCUT2D eigenvalue weighted by Crippen LogP contribution is 2.09. The molecule has 1 amide bonds. The van der Waals surface area contributed by atoms with Gasteiger partial charge >= 0.3 is 0 Å². The van der Waals surface area contributed by atoms with Crippen molar-refractivity contribution in [2.24, 2.45) is 11.7 Å². The molecule has 0 saturated heterocycles. The molecule has 0 aliphatic rings. The van der Waals surface area contributed by atoms with E-state index in [4.69, 9.17) is 5.73 Å².